The molecule has 0 saturated carbocycles. The molecule has 0 aliphatic heterocycles. The Labute approximate surface area is 149 Å². The number of aromatic nitrogens is 3. The van der Waals surface area contributed by atoms with Gasteiger partial charge in [-0.15, -0.1) is 10.2 Å². The first-order valence-electron chi connectivity index (χ1n) is 7.75. The number of carbonyl (C=O) groups is 1. The van der Waals surface area contributed by atoms with Crippen LogP contribution in [-0.4, -0.2) is 25.9 Å². The summed E-state index contributed by atoms with van der Waals surface area (Å²) in [7, 11) is 0. The summed E-state index contributed by atoms with van der Waals surface area (Å²) in [5.74, 6) is 0.125. The van der Waals surface area contributed by atoms with Gasteiger partial charge in [0.1, 0.15) is 11.6 Å². The molecule has 3 rings (SSSR count). The van der Waals surface area contributed by atoms with Gasteiger partial charge in [0.15, 0.2) is 5.16 Å². The van der Waals surface area contributed by atoms with Gasteiger partial charge in [-0.05, 0) is 44.2 Å². The van der Waals surface area contributed by atoms with Crippen molar-refractivity contribution in [2.24, 2.45) is 0 Å². The summed E-state index contributed by atoms with van der Waals surface area (Å²) in [6.07, 6.45) is 0. The zero-order chi connectivity index (χ0) is 17.8. The number of halogens is 1. The van der Waals surface area contributed by atoms with Crippen molar-refractivity contribution in [3.05, 3.63) is 66.2 Å². The summed E-state index contributed by atoms with van der Waals surface area (Å²) in [5, 5.41) is 11.2. The van der Waals surface area contributed by atoms with Crippen molar-refractivity contribution in [3.8, 4) is 5.69 Å². The predicted molar refractivity (Wildman–Crippen MR) is 96.4 cm³/mol. The van der Waals surface area contributed by atoms with Gasteiger partial charge in [0.2, 0.25) is 5.91 Å². The standard InChI is InChI=1S/C18H17FN4OS/c1-12(17(24)20-15-8-6-7-14(19)11-15)25-18-22-21-13(2)23(18)16-9-4-3-5-10-16/h3-12H,1-2H3,(H,20,24)/t12-/m0/s1. The van der Waals surface area contributed by atoms with Gasteiger partial charge in [-0.3, -0.25) is 9.36 Å². The van der Waals surface area contributed by atoms with E-state index in [1.54, 1.807) is 19.1 Å². The van der Waals surface area contributed by atoms with Crippen LogP contribution in [0.3, 0.4) is 0 Å². The van der Waals surface area contributed by atoms with Gasteiger partial charge >= 0.3 is 0 Å². The van der Waals surface area contributed by atoms with E-state index in [1.807, 2.05) is 41.8 Å². The van der Waals surface area contributed by atoms with E-state index in [1.165, 1.54) is 23.9 Å². The summed E-state index contributed by atoms with van der Waals surface area (Å²) in [4.78, 5) is 12.4. The second-order valence-corrected chi connectivity index (χ2v) is 6.77. The summed E-state index contributed by atoms with van der Waals surface area (Å²) in [6.45, 7) is 3.64. The van der Waals surface area contributed by atoms with Gasteiger partial charge in [0, 0.05) is 11.4 Å². The molecule has 1 aromatic heterocycles. The Morgan fingerprint density at radius 3 is 2.64 bits per heavy atom. The Balaban J connectivity index is 1.75. The van der Waals surface area contributed by atoms with Crippen LogP contribution < -0.4 is 5.32 Å². The molecule has 1 N–H and O–H groups in total. The summed E-state index contributed by atoms with van der Waals surface area (Å²) < 4.78 is 15.1. The number of hydrogen-bond acceptors (Lipinski definition) is 4. The molecular formula is C18H17FN4OS. The molecule has 0 aliphatic carbocycles. The van der Waals surface area contributed by atoms with E-state index in [0.717, 1.165) is 11.5 Å². The normalized spacial score (nSPS) is 12.0. The molecule has 0 radical (unpaired) electrons. The molecule has 25 heavy (non-hydrogen) atoms. The van der Waals surface area contributed by atoms with Crippen molar-refractivity contribution in [1.29, 1.82) is 0 Å². The van der Waals surface area contributed by atoms with E-state index >= 15 is 0 Å². The average Bonchev–Trinajstić information content (AvgIpc) is 2.96. The van der Waals surface area contributed by atoms with Crippen molar-refractivity contribution in [2.45, 2.75) is 24.3 Å². The molecule has 0 unspecified atom stereocenters. The molecule has 1 atom stereocenters. The molecule has 2 aromatic carbocycles. The molecule has 0 fully saturated rings. The Hall–Kier alpha value is -2.67. The lowest BCUT2D eigenvalue weighted by molar-refractivity contribution is -0.115. The van der Waals surface area contributed by atoms with Crippen LogP contribution in [0.25, 0.3) is 5.69 Å². The summed E-state index contributed by atoms with van der Waals surface area (Å²) in [5.41, 5.74) is 1.36. The van der Waals surface area contributed by atoms with E-state index in [4.69, 9.17) is 0 Å². The van der Waals surface area contributed by atoms with Crippen LogP contribution in [0.2, 0.25) is 0 Å². The number of para-hydroxylation sites is 1. The molecule has 1 heterocycles. The predicted octanol–water partition coefficient (Wildman–Crippen LogP) is 3.83. The lowest BCUT2D eigenvalue weighted by Gasteiger charge is -2.13. The van der Waals surface area contributed by atoms with Crippen LogP contribution in [0, 0.1) is 12.7 Å². The van der Waals surface area contributed by atoms with Gasteiger partial charge in [-0.25, -0.2) is 4.39 Å². The van der Waals surface area contributed by atoms with Crippen LogP contribution in [0.5, 0.6) is 0 Å². The number of hydrogen-bond donors (Lipinski definition) is 1. The molecule has 1 amide bonds. The van der Waals surface area contributed by atoms with Crippen molar-refractivity contribution < 1.29 is 9.18 Å². The zero-order valence-electron chi connectivity index (χ0n) is 13.8. The fraction of sp³-hybridized carbons (Fsp3) is 0.167. The molecule has 0 spiro atoms. The lowest BCUT2D eigenvalue weighted by atomic mass is 10.3. The monoisotopic (exact) mass is 356 g/mol. The molecule has 128 valence electrons. The molecule has 7 heteroatoms. The first kappa shape index (κ1) is 17.2. The van der Waals surface area contributed by atoms with Crippen LogP contribution in [0.4, 0.5) is 10.1 Å². The number of aryl methyl sites for hydroxylation is 1. The average molecular weight is 356 g/mol. The van der Waals surface area contributed by atoms with Crippen LogP contribution in [-0.2, 0) is 4.79 Å². The van der Waals surface area contributed by atoms with Gasteiger partial charge in [-0.2, -0.15) is 0 Å². The minimum Gasteiger partial charge on any atom is -0.325 e. The maximum absolute atomic E-state index is 13.2. The first-order chi connectivity index (χ1) is 12.0. The number of rotatable bonds is 5. The minimum atomic E-state index is -0.422. The van der Waals surface area contributed by atoms with Crippen LogP contribution in [0.1, 0.15) is 12.7 Å². The quantitative estimate of drug-likeness (QED) is 0.706. The Morgan fingerprint density at radius 2 is 1.92 bits per heavy atom. The maximum atomic E-state index is 13.2. The fourth-order valence-corrected chi connectivity index (χ4v) is 3.23. The Bertz CT molecular complexity index is 882. The molecule has 5 nitrogen and oxygen atoms in total. The van der Waals surface area contributed by atoms with E-state index in [-0.39, 0.29) is 5.91 Å². The number of thioether (sulfide) groups is 1. The van der Waals surface area contributed by atoms with Crippen LogP contribution >= 0.6 is 11.8 Å². The van der Waals surface area contributed by atoms with E-state index in [9.17, 15) is 9.18 Å². The number of anilines is 1. The molecule has 3 aromatic rings. The highest BCUT2D eigenvalue weighted by atomic mass is 32.2. The molecule has 0 saturated heterocycles. The number of nitrogens with zero attached hydrogens (tertiary/aromatic N) is 3. The molecule has 0 bridgehead atoms. The fourth-order valence-electron chi connectivity index (χ4n) is 2.32. The topological polar surface area (TPSA) is 59.8 Å². The second kappa shape index (κ2) is 7.48. The second-order valence-electron chi connectivity index (χ2n) is 5.46. The lowest BCUT2D eigenvalue weighted by Crippen LogP contribution is -2.23. The number of carbonyl (C=O) groups excluding carboxylic acids is 1. The Morgan fingerprint density at radius 1 is 1.16 bits per heavy atom. The van der Waals surface area contributed by atoms with E-state index in [2.05, 4.69) is 15.5 Å². The third-order valence-corrected chi connectivity index (χ3v) is 4.60. The summed E-state index contributed by atoms with van der Waals surface area (Å²) >= 11 is 1.30. The van der Waals surface area contributed by atoms with Gasteiger partial charge in [0.25, 0.3) is 0 Å². The highest BCUT2D eigenvalue weighted by Gasteiger charge is 2.20. The van der Waals surface area contributed by atoms with Gasteiger partial charge in [-0.1, -0.05) is 36.0 Å². The maximum Gasteiger partial charge on any atom is 0.237 e. The van der Waals surface area contributed by atoms with E-state index in [0.29, 0.717) is 10.8 Å². The number of amides is 1. The minimum absolute atomic E-state index is 0.226. The number of nitrogens with one attached hydrogen (secondary N) is 1. The van der Waals surface area contributed by atoms with Crippen molar-refractivity contribution in [1.82, 2.24) is 14.8 Å². The first-order valence-corrected chi connectivity index (χ1v) is 8.63. The highest BCUT2D eigenvalue weighted by molar-refractivity contribution is 8.00. The van der Waals surface area contributed by atoms with Gasteiger partial charge in [0.05, 0.1) is 5.25 Å². The Kier molecular flexibility index (Phi) is 5.14. The zero-order valence-corrected chi connectivity index (χ0v) is 14.6. The molecule has 0 aliphatic rings. The van der Waals surface area contributed by atoms with Crippen molar-refractivity contribution in [3.63, 3.8) is 0 Å². The third-order valence-electron chi connectivity index (χ3n) is 3.55. The van der Waals surface area contributed by atoms with Crippen molar-refractivity contribution in [2.75, 3.05) is 5.32 Å². The van der Waals surface area contributed by atoms with E-state index < -0.39 is 11.1 Å². The van der Waals surface area contributed by atoms with Gasteiger partial charge < -0.3 is 5.32 Å². The van der Waals surface area contributed by atoms with Crippen LogP contribution in [0.15, 0.2) is 59.8 Å². The third kappa shape index (κ3) is 4.06. The highest BCUT2D eigenvalue weighted by Crippen LogP contribution is 2.26. The smallest absolute Gasteiger partial charge is 0.237 e. The largest absolute Gasteiger partial charge is 0.325 e. The molecular weight excluding hydrogens is 339 g/mol. The van der Waals surface area contributed by atoms with Crippen molar-refractivity contribution >= 4 is 23.4 Å². The number of benzene rings is 2. The SMILES string of the molecule is Cc1nnc(S[C@@H](C)C(=O)Nc2cccc(F)c2)n1-c1ccccc1. The summed E-state index contributed by atoms with van der Waals surface area (Å²) in [6, 6.07) is 15.5.